The fourth-order valence-corrected chi connectivity index (χ4v) is 3.53. The Labute approximate surface area is 228 Å². The first kappa shape index (κ1) is 30.1. The van der Waals surface area contributed by atoms with E-state index in [0.717, 1.165) is 48.5 Å². The molecule has 0 bridgehead atoms. The Balaban J connectivity index is 1.40. The highest BCUT2D eigenvalue weighted by atomic mass is 19.2. The summed E-state index contributed by atoms with van der Waals surface area (Å²) in [4.78, 5) is 25.1. The van der Waals surface area contributed by atoms with Gasteiger partial charge in [-0.1, -0.05) is 0 Å². The van der Waals surface area contributed by atoms with Gasteiger partial charge >= 0.3 is 0 Å². The highest BCUT2D eigenvalue weighted by Crippen LogP contribution is 2.26. The molecule has 42 heavy (non-hydrogen) atoms. The molecule has 4 aromatic rings. The summed E-state index contributed by atoms with van der Waals surface area (Å²) in [7, 11) is 0. The molecular formula is C28H12F10O4. The van der Waals surface area contributed by atoms with Gasteiger partial charge in [-0.25, -0.2) is 43.9 Å². The largest absolute Gasteiger partial charge is 0.489 e. The number of benzene rings is 4. The number of ketones is 2. The van der Waals surface area contributed by atoms with Gasteiger partial charge in [-0.05, 0) is 48.5 Å². The number of rotatable bonds is 9. The van der Waals surface area contributed by atoms with E-state index in [1.165, 1.54) is 0 Å². The molecule has 0 spiro atoms. The maximum absolute atomic E-state index is 13.8. The number of hydrogen-bond donors (Lipinski definition) is 0. The molecule has 218 valence electrons. The number of carbonyl (C=O) groups is 2. The Morgan fingerprint density at radius 1 is 0.405 bits per heavy atom. The zero-order valence-electron chi connectivity index (χ0n) is 20.4. The molecule has 0 fully saturated rings. The average Bonchev–Trinajstić information content (AvgIpc) is 3.00. The van der Waals surface area contributed by atoms with Crippen molar-refractivity contribution in [1.29, 1.82) is 0 Å². The van der Waals surface area contributed by atoms with Crippen LogP contribution in [0.5, 0.6) is 11.5 Å². The molecule has 4 aromatic carbocycles. The van der Waals surface area contributed by atoms with Crippen LogP contribution in [0.4, 0.5) is 43.9 Å². The van der Waals surface area contributed by atoms with Crippen LogP contribution in [0.1, 0.15) is 31.8 Å². The van der Waals surface area contributed by atoms with Gasteiger partial charge in [-0.3, -0.25) is 9.59 Å². The van der Waals surface area contributed by atoms with Crippen molar-refractivity contribution in [2.75, 3.05) is 0 Å². The molecule has 0 aliphatic heterocycles. The third-order valence-electron chi connectivity index (χ3n) is 5.81. The molecule has 4 rings (SSSR count). The van der Waals surface area contributed by atoms with E-state index in [4.69, 9.17) is 9.47 Å². The summed E-state index contributed by atoms with van der Waals surface area (Å²) in [6, 6.07) is 8.77. The molecule has 14 heteroatoms. The Morgan fingerprint density at radius 2 is 0.643 bits per heavy atom. The fraction of sp³-hybridized carbons (Fsp3) is 0.0714. The second-order valence-electron chi connectivity index (χ2n) is 8.38. The predicted molar refractivity (Wildman–Crippen MR) is 123 cm³/mol. The van der Waals surface area contributed by atoms with Gasteiger partial charge in [-0.15, -0.1) is 0 Å². The first-order valence-corrected chi connectivity index (χ1v) is 11.4. The van der Waals surface area contributed by atoms with Crippen molar-refractivity contribution in [3.05, 3.63) is 129 Å². The Morgan fingerprint density at radius 3 is 0.905 bits per heavy atom. The van der Waals surface area contributed by atoms with Gasteiger partial charge in [0.25, 0.3) is 0 Å². The van der Waals surface area contributed by atoms with Gasteiger partial charge in [0.2, 0.25) is 23.2 Å². The molecule has 0 saturated heterocycles. The lowest BCUT2D eigenvalue weighted by Gasteiger charge is -2.11. The zero-order chi connectivity index (χ0) is 30.9. The number of halogens is 10. The van der Waals surface area contributed by atoms with E-state index < -0.39 is 94.1 Å². The van der Waals surface area contributed by atoms with Gasteiger partial charge in [0.15, 0.2) is 46.5 Å². The molecule has 0 aromatic heterocycles. The number of Topliss-reactive ketones (excluding diaryl/α,β-unsaturated/α-hetero) is 2. The van der Waals surface area contributed by atoms with Crippen molar-refractivity contribution < 1.29 is 63.0 Å². The van der Waals surface area contributed by atoms with E-state index in [9.17, 15) is 53.5 Å². The van der Waals surface area contributed by atoms with Gasteiger partial charge in [0.05, 0.1) is 11.1 Å². The summed E-state index contributed by atoms with van der Waals surface area (Å²) in [5.74, 6) is -23.9. The van der Waals surface area contributed by atoms with Crippen molar-refractivity contribution in [2.24, 2.45) is 0 Å². The second-order valence-corrected chi connectivity index (χ2v) is 8.38. The second kappa shape index (κ2) is 11.9. The summed E-state index contributed by atoms with van der Waals surface area (Å²) in [6.45, 7) is -2.09. The summed E-state index contributed by atoms with van der Waals surface area (Å²) >= 11 is 0. The van der Waals surface area contributed by atoms with E-state index in [-0.39, 0.29) is 22.6 Å². The van der Waals surface area contributed by atoms with Crippen molar-refractivity contribution in [3.63, 3.8) is 0 Å². The highest BCUT2D eigenvalue weighted by molar-refractivity contribution is 6.49. The summed E-state index contributed by atoms with van der Waals surface area (Å²) in [5.41, 5.74) is -2.78. The van der Waals surface area contributed by atoms with Crippen LogP contribution in [-0.2, 0) is 13.2 Å². The van der Waals surface area contributed by atoms with Crippen molar-refractivity contribution >= 4 is 11.6 Å². The smallest absolute Gasteiger partial charge is 0.233 e. The van der Waals surface area contributed by atoms with E-state index in [2.05, 4.69) is 0 Å². The van der Waals surface area contributed by atoms with Gasteiger partial charge < -0.3 is 9.47 Å². The summed E-state index contributed by atoms with van der Waals surface area (Å²) in [6.07, 6.45) is 0. The Kier molecular flexibility index (Phi) is 8.54. The normalized spacial score (nSPS) is 11.0. The molecule has 0 saturated carbocycles. The lowest BCUT2D eigenvalue weighted by molar-refractivity contribution is 0.0817. The number of hydrogen-bond acceptors (Lipinski definition) is 4. The third-order valence-corrected chi connectivity index (χ3v) is 5.81. The van der Waals surface area contributed by atoms with Crippen LogP contribution >= 0.6 is 0 Å². The quantitative estimate of drug-likeness (QED) is 0.0664. The standard InChI is InChI=1S/C28H12F10O4/c29-17-15(18(30)22(34)25(37)21(17)33)9-41-13-5-1-11(2-6-13)27(39)28(40)12-3-7-14(8-4-12)42-10-16-19(31)23(35)26(38)24(36)20(16)32/h1-8H,9-10H2. The minimum Gasteiger partial charge on any atom is -0.489 e. The number of ether oxygens (including phenoxy) is 2. The lowest BCUT2D eigenvalue weighted by atomic mass is 10.0. The summed E-state index contributed by atoms with van der Waals surface area (Å²) < 4.78 is 145. The van der Waals surface area contributed by atoms with Crippen LogP contribution < -0.4 is 9.47 Å². The minimum absolute atomic E-state index is 0.141. The van der Waals surface area contributed by atoms with Gasteiger partial charge in [0, 0.05) is 11.1 Å². The first-order valence-electron chi connectivity index (χ1n) is 11.4. The molecule has 0 aliphatic carbocycles. The van der Waals surface area contributed by atoms with E-state index in [1.807, 2.05) is 0 Å². The molecule has 0 unspecified atom stereocenters. The highest BCUT2D eigenvalue weighted by Gasteiger charge is 2.27. The Hall–Kier alpha value is -4.88. The van der Waals surface area contributed by atoms with Crippen molar-refractivity contribution in [3.8, 4) is 11.5 Å². The molecule has 0 aliphatic rings. The minimum atomic E-state index is -2.33. The van der Waals surface area contributed by atoms with Crippen molar-refractivity contribution in [1.82, 2.24) is 0 Å². The van der Waals surface area contributed by atoms with Gasteiger partial charge in [-0.2, -0.15) is 0 Å². The monoisotopic (exact) mass is 602 g/mol. The van der Waals surface area contributed by atoms with E-state index in [0.29, 0.717) is 0 Å². The Bertz CT molecular complexity index is 1520. The SMILES string of the molecule is O=C(C(=O)c1ccc(OCc2c(F)c(F)c(F)c(F)c2F)cc1)c1ccc(OCc2c(F)c(F)c(F)c(F)c2F)cc1. The third kappa shape index (κ3) is 5.64. The van der Waals surface area contributed by atoms with Crippen LogP contribution in [0, 0.1) is 58.2 Å². The summed E-state index contributed by atoms with van der Waals surface area (Å²) in [5, 5.41) is 0. The maximum Gasteiger partial charge on any atom is 0.233 e. The molecule has 0 atom stereocenters. The molecule has 0 N–H and O–H groups in total. The van der Waals surface area contributed by atoms with Gasteiger partial charge in [0.1, 0.15) is 24.7 Å². The number of carbonyl (C=O) groups excluding carboxylic acids is 2. The fourth-order valence-electron chi connectivity index (χ4n) is 3.53. The van der Waals surface area contributed by atoms with Crippen LogP contribution in [0.15, 0.2) is 48.5 Å². The topological polar surface area (TPSA) is 52.6 Å². The predicted octanol–water partition coefficient (Wildman–Crippen LogP) is 7.30. The molecule has 0 amide bonds. The first-order chi connectivity index (χ1) is 19.8. The van der Waals surface area contributed by atoms with Crippen LogP contribution in [-0.4, -0.2) is 11.6 Å². The van der Waals surface area contributed by atoms with Crippen LogP contribution in [0.2, 0.25) is 0 Å². The van der Waals surface area contributed by atoms with Crippen molar-refractivity contribution in [2.45, 2.75) is 13.2 Å². The van der Waals surface area contributed by atoms with Crippen LogP contribution in [0.25, 0.3) is 0 Å². The molecular weight excluding hydrogens is 590 g/mol. The molecule has 4 nitrogen and oxygen atoms in total. The molecule has 0 radical (unpaired) electrons. The molecule has 0 heterocycles. The maximum atomic E-state index is 13.8. The van der Waals surface area contributed by atoms with Crippen LogP contribution in [0.3, 0.4) is 0 Å². The zero-order valence-corrected chi connectivity index (χ0v) is 20.4. The average molecular weight is 602 g/mol. The van der Waals surface area contributed by atoms with E-state index >= 15 is 0 Å². The lowest BCUT2D eigenvalue weighted by Crippen LogP contribution is -2.14. The van der Waals surface area contributed by atoms with E-state index in [1.54, 1.807) is 0 Å².